The smallest absolute Gasteiger partial charge is 0.224 e. The third-order valence-corrected chi connectivity index (χ3v) is 4.68. The molecule has 1 heterocycles. The van der Waals surface area contributed by atoms with Crippen LogP contribution in [0.3, 0.4) is 0 Å². The molecule has 0 fully saturated rings. The Morgan fingerprint density at radius 3 is 2.74 bits per heavy atom. The van der Waals surface area contributed by atoms with Crippen LogP contribution in [0.15, 0.2) is 29.6 Å². The molecule has 0 atom stereocenters. The van der Waals surface area contributed by atoms with Crippen molar-refractivity contribution >= 4 is 40.3 Å². The quantitative estimate of drug-likeness (QED) is 0.735. The molecule has 1 amide bonds. The van der Waals surface area contributed by atoms with Gasteiger partial charge in [-0.15, -0.1) is 11.3 Å². The van der Waals surface area contributed by atoms with Crippen molar-refractivity contribution in [1.82, 2.24) is 0 Å². The van der Waals surface area contributed by atoms with Gasteiger partial charge in [0.2, 0.25) is 5.91 Å². The van der Waals surface area contributed by atoms with Crippen molar-refractivity contribution in [3.63, 3.8) is 0 Å². The third-order valence-electron chi connectivity index (χ3n) is 3.36. The van der Waals surface area contributed by atoms with E-state index in [1.54, 1.807) is 18.2 Å². The van der Waals surface area contributed by atoms with Gasteiger partial charge in [0, 0.05) is 23.9 Å². The number of carbonyl (C=O) groups is 2. The SMILES string of the molecule is COc1cc(Cl)c(C)cc1NC(=O)CCCC(=O)c1cccs1. The van der Waals surface area contributed by atoms with Gasteiger partial charge in [-0.05, 0) is 36.4 Å². The van der Waals surface area contributed by atoms with Gasteiger partial charge in [0.15, 0.2) is 5.78 Å². The molecule has 0 spiro atoms. The number of anilines is 1. The summed E-state index contributed by atoms with van der Waals surface area (Å²) in [5, 5.41) is 5.26. The van der Waals surface area contributed by atoms with Crippen LogP contribution in [-0.4, -0.2) is 18.8 Å². The fourth-order valence-corrected chi connectivity index (χ4v) is 2.96. The van der Waals surface area contributed by atoms with E-state index in [1.165, 1.54) is 18.4 Å². The van der Waals surface area contributed by atoms with Crippen LogP contribution in [0, 0.1) is 6.92 Å². The Bertz CT molecular complexity index is 698. The molecule has 122 valence electrons. The molecule has 1 aromatic carbocycles. The topological polar surface area (TPSA) is 55.4 Å². The van der Waals surface area contributed by atoms with E-state index in [4.69, 9.17) is 16.3 Å². The number of amides is 1. The van der Waals surface area contributed by atoms with Gasteiger partial charge in [0.25, 0.3) is 0 Å². The molecule has 2 aromatic rings. The highest BCUT2D eigenvalue weighted by Crippen LogP contribution is 2.31. The maximum absolute atomic E-state index is 12.0. The maximum Gasteiger partial charge on any atom is 0.224 e. The maximum atomic E-state index is 12.0. The molecule has 0 radical (unpaired) electrons. The minimum absolute atomic E-state index is 0.0766. The van der Waals surface area contributed by atoms with Gasteiger partial charge in [0.05, 0.1) is 17.7 Å². The minimum atomic E-state index is -0.149. The van der Waals surface area contributed by atoms with Crippen molar-refractivity contribution < 1.29 is 14.3 Å². The molecule has 0 saturated heterocycles. The number of rotatable bonds is 7. The second-order valence-electron chi connectivity index (χ2n) is 5.10. The predicted molar refractivity (Wildman–Crippen MR) is 93.9 cm³/mol. The Morgan fingerprint density at radius 2 is 2.09 bits per heavy atom. The normalized spacial score (nSPS) is 10.4. The van der Waals surface area contributed by atoms with Crippen molar-refractivity contribution in [1.29, 1.82) is 0 Å². The van der Waals surface area contributed by atoms with Gasteiger partial charge in [-0.1, -0.05) is 17.7 Å². The number of ether oxygens (including phenoxy) is 1. The van der Waals surface area contributed by atoms with Crippen molar-refractivity contribution in [2.75, 3.05) is 12.4 Å². The van der Waals surface area contributed by atoms with Crippen LogP contribution < -0.4 is 10.1 Å². The lowest BCUT2D eigenvalue weighted by Gasteiger charge is -2.12. The minimum Gasteiger partial charge on any atom is -0.495 e. The van der Waals surface area contributed by atoms with Crippen LogP contribution in [0.2, 0.25) is 5.02 Å². The number of thiophene rings is 1. The number of benzene rings is 1. The Hall–Kier alpha value is -1.85. The fraction of sp³-hybridized carbons (Fsp3) is 0.294. The Morgan fingerprint density at radius 1 is 1.30 bits per heavy atom. The summed E-state index contributed by atoms with van der Waals surface area (Å²) in [6.07, 6.45) is 1.16. The summed E-state index contributed by atoms with van der Waals surface area (Å²) in [7, 11) is 1.52. The van der Waals surface area contributed by atoms with E-state index in [-0.39, 0.29) is 18.1 Å². The molecule has 0 aliphatic carbocycles. The standard InChI is InChI=1S/C17H18ClNO3S/c1-11-9-13(15(22-2)10-12(11)18)19-17(21)7-3-5-14(20)16-6-4-8-23-16/h4,6,8-10H,3,5,7H2,1-2H3,(H,19,21). The van der Waals surface area contributed by atoms with E-state index in [9.17, 15) is 9.59 Å². The number of halogens is 1. The highest BCUT2D eigenvalue weighted by atomic mass is 35.5. The highest BCUT2D eigenvalue weighted by Gasteiger charge is 2.12. The Kier molecular flexibility index (Phi) is 6.19. The molecule has 6 heteroatoms. The van der Waals surface area contributed by atoms with Crippen molar-refractivity contribution in [2.45, 2.75) is 26.2 Å². The Labute approximate surface area is 144 Å². The molecule has 23 heavy (non-hydrogen) atoms. The average Bonchev–Trinajstić information content (AvgIpc) is 3.05. The van der Waals surface area contributed by atoms with Gasteiger partial charge >= 0.3 is 0 Å². The number of hydrogen-bond acceptors (Lipinski definition) is 4. The molecule has 0 bridgehead atoms. The zero-order chi connectivity index (χ0) is 16.8. The summed E-state index contributed by atoms with van der Waals surface area (Å²) in [5.74, 6) is 0.445. The summed E-state index contributed by atoms with van der Waals surface area (Å²) in [6.45, 7) is 1.86. The van der Waals surface area contributed by atoms with Crippen LogP contribution in [0.4, 0.5) is 5.69 Å². The lowest BCUT2D eigenvalue weighted by Crippen LogP contribution is -2.13. The van der Waals surface area contributed by atoms with E-state index in [0.717, 1.165) is 10.4 Å². The number of ketones is 1. The van der Waals surface area contributed by atoms with Crippen molar-refractivity contribution in [3.8, 4) is 5.75 Å². The number of nitrogens with one attached hydrogen (secondary N) is 1. The fourth-order valence-electron chi connectivity index (χ4n) is 2.11. The van der Waals surface area contributed by atoms with E-state index < -0.39 is 0 Å². The molecule has 0 aliphatic rings. The lowest BCUT2D eigenvalue weighted by atomic mass is 10.1. The zero-order valence-corrected chi connectivity index (χ0v) is 14.6. The van der Waals surface area contributed by atoms with E-state index >= 15 is 0 Å². The van der Waals surface area contributed by atoms with Gasteiger partial charge in [0.1, 0.15) is 5.75 Å². The first-order valence-corrected chi connectivity index (χ1v) is 8.47. The molecule has 0 aliphatic heterocycles. The van der Waals surface area contributed by atoms with Gasteiger partial charge in [-0.2, -0.15) is 0 Å². The predicted octanol–water partition coefficient (Wildman–Crippen LogP) is 4.71. The zero-order valence-electron chi connectivity index (χ0n) is 13.0. The first-order valence-electron chi connectivity index (χ1n) is 7.22. The number of Topliss-reactive ketones (excluding diaryl/α,β-unsaturated/α-hetero) is 1. The first kappa shape index (κ1) is 17.5. The van der Waals surface area contributed by atoms with Gasteiger partial charge in [-0.25, -0.2) is 0 Å². The van der Waals surface area contributed by atoms with Gasteiger partial charge < -0.3 is 10.1 Å². The molecular formula is C17H18ClNO3S. The first-order chi connectivity index (χ1) is 11.0. The van der Waals surface area contributed by atoms with Crippen LogP contribution in [-0.2, 0) is 4.79 Å². The summed E-state index contributed by atoms with van der Waals surface area (Å²) in [6, 6.07) is 7.09. The number of carbonyl (C=O) groups excluding carboxylic acids is 2. The van der Waals surface area contributed by atoms with E-state index in [0.29, 0.717) is 29.3 Å². The van der Waals surface area contributed by atoms with Gasteiger partial charge in [-0.3, -0.25) is 9.59 Å². The summed E-state index contributed by atoms with van der Waals surface area (Å²) in [5.41, 5.74) is 1.44. The molecular weight excluding hydrogens is 334 g/mol. The number of methoxy groups -OCH3 is 1. The molecule has 0 unspecified atom stereocenters. The second-order valence-corrected chi connectivity index (χ2v) is 6.46. The summed E-state index contributed by atoms with van der Waals surface area (Å²) >= 11 is 7.46. The molecule has 4 nitrogen and oxygen atoms in total. The monoisotopic (exact) mass is 351 g/mol. The molecule has 2 rings (SSSR count). The van der Waals surface area contributed by atoms with Crippen LogP contribution >= 0.6 is 22.9 Å². The number of hydrogen-bond donors (Lipinski definition) is 1. The van der Waals surface area contributed by atoms with Crippen LogP contribution in [0.5, 0.6) is 5.75 Å². The molecule has 1 aromatic heterocycles. The average molecular weight is 352 g/mol. The van der Waals surface area contributed by atoms with Crippen molar-refractivity contribution in [2.24, 2.45) is 0 Å². The molecule has 0 saturated carbocycles. The molecule has 1 N–H and O–H groups in total. The van der Waals surface area contributed by atoms with E-state index in [2.05, 4.69) is 5.32 Å². The van der Waals surface area contributed by atoms with Crippen LogP contribution in [0.25, 0.3) is 0 Å². The van der Waals surface area contributed by atoms with Crippen LogP contribution in [0.1, 0.15) is 34.5 Å². The third kappa shape index (κ3) is 4.81. The van der Waals surface area contributed by atoms with Crippen molar-refractivity contribution in [3.05, 3.63) is 45.1 Å². The summed E-state index contributed by atoms with van der Waals surface area (Å²) in [4.78, 5) is 24.6. The Balaban J connectivity index is 1.88. The lowest BCUT2D eigenvalue weighted by molar-refractivity contribution is -0.116. The summed E-state index contributed by atoms with van der Waals surface area (Å²) < 4.78 is 5.22. The second kappa shape index (κ2) is 8.13. The van der Waals surface area contributed by atoms with E-state index in [1.807, 2.05) is 18.4 Å². The highest BCUT2D eigenvalue weighted by molar-refractivity contribution is 7.12. The largest absolute Gasteiger partial charge is 0.495 e. The number of aryl methyl sites for hydroxylation is 1.